The van der Waals surface area contributed by atoms with Gasteiger partial charge in [-0.05, 0) is 42.8 Å². The molecule has 0 fully saturated rings. The van der Waals surface area contributed by atoms with Crippen molar-refractivity contribution in [1.29, 1.82) is 5.26 Å². The first-order valence-electron chi connectivity index (χ1n) is 6.24. The Bertz CT molecular complexity index is 632. The van der Waals surface area contributed by atoms with E-state index in [-0.39, 0.29) is 6.04 Å². The topological polar surface area (TPSA) is 45.0 Å². The van der Waals surface area contributed by atoms with Gasteiger partial charge in [0.05, 0.1) is 17.7 Å². The van der Waals surface area contributed by atoms with Crippen LogP contribution in [0.1, 0.15) is 24.1 Å². The fraction of sp³-hybridized carbons (Fsp3) is 0.188. The molecule has 1 N–H and O–H groups in total. The van der Waals surface area contributed by atoms with Gasteiger partial charge < -0.3 is 10.1 Å². The number of nitrogens with one attached hydrogen (secondary N) is 1. The fourth-order valence-electron chi connectivity index (χ4n) is 1.93. The van der Waals surface area contributed by atoms with Crippen molar-refractivity contribution in [1.82, 2.24) is 0 Å². The summed E-state index contributed by atoms with van der Waals surface area (Å²) in [6, 6.07) is 15.4. The maximum atomic E-state index is 8.98. The van der Waals surface area contributed by atoms with Gasteiger partial charge in [-0.1, -0.05) is 23.7 Å². The van der Waals surface area contributed by atoms with Crippen molar-refractivity contribution in [2.24, 2.45) is 0 Å². The van der Waals surface area contributed by atoms with E-state index in [0.717, 1.165) is 17.0 Å². The molecule has 0 bridgehead atoms. The highest BCUT2D eigenvalue weighted by Crippen LogP contribution is 2.24. The standard InChI is InChI=1S/C16H15ClN2O/c1-11(12-3-6-15(20-2)7-4-12)19-14-5-8-16(17)13(9-14)10-18/h3-9,11,19H,1-2H3. The zero-order chi connectivity index (χ0) is 14.5. The van der Waals surface area contributed by atoms with Crippen LogP contribution < -0.4 is 10.1 Å². The van der Waals surface area contributed by atoms with Gasteiger partial charge in [-0.15, -0.1) is 0 Å². The van der Waals surface area contributed by atoms with Crippen molar-refractivity contribution < 1.29 is 4.74 Å². The molecule has 0 heterocycles. The van der Waals surface area contributed by atoms with E-state index in [1.165, 1.54) is 0 Å². The average Bonchev–Trinajstić information content (AvgIpc) is 2.49. The van der Waals surface area contributed by atoms with Crippen molar-refractivity contribution in [3.8, 4) is 11.8 Å². The third-order valence-corrected chi connectivity index (χ3v) is 3.42. The number of rotatable bonds is 4. The third kappa shape index (κ3) is 3.23. The molecule has 0 spiro atoms. The minimum atomic E-state index is 0.119. The second-order valence-corrected chi connectivity index (χ2v) is 4.85. The van der Waals surface area contributed by atoms with Crippen LogP contribution in [0.5, 0.6) is 5.75 Å². The third-order valence-electron chi connectivity index (χ3n) is 3.09. The summed E-state index contributed by atoms with van der Waals surface area (Å²) in [7, 11) is 1.65. The highest BCUT2D eigenvalue weighted by atomic mass is 35.5. The van der Waals surface area contributed by atoms with Crippen LogP contribution in [0.15, 0.2) is 42.5 Å². The molecule has 0 amide bonds. The monoisotopic (exact) mass is 286 g/mol. The number of nitrogens with zero attached hydrogens (tertiary/aromatic N) is 1. The van der Waals surface area contributed by atoms with Crippen LogP contribution in [0.2, 0.25) is 5.02 Å². The second kappa shape index (κ2) is 6.31. The molecule has 0 aliphatic rings. The van der Waals surface area contributed by atoms with Crippen molar-refractivity contribution in [2.45, 2.75) is 13.0 Å². The number of halogens is 1. The molecule has 0 aliphatic heterocycles. The number of methoxy groups -OCH3 is 1. The summed E-state index contributed by atoms with van der Waals surface area (Å²) in [5.74, 6) is 0.833. The molecule has 2 rings (SSSR count). The molecule has 0 radical (unpaired) electrons. The Morgan fingerprint density at radius 1 is 1.20 bits per heavy atom. The largest absolute Gasteiger partial charge is 0.497 e. The van der Waals surface area contributed by atoms with Crippen LogP contribution in [-0.2, 0) is 0 Å². The minimum absolute atomic E-state index is 0.119. The maximum absolute atomic E-state index is 8.98. The van der Waals surface area contributed by atoms with Crippen LogP contribution in [0.4, 0.5) is 5.69 Å². The smallest absolute Gasteiger partial charge is 0.118 e. The number of anilines is 1. The molecule has 4 heteroatoms. The molecule has 20 heavy (non-hydrogen) atoms. The molecule has 2 aromatic carbocycles. The van der Waals surface area contributed by atoms with Gasteiger partial charge in [0.15, 0.2) is 0 Å². The van der Waals surface area contributed by atoms with Gasteiger partial charge in [0.25, 0.3) is 0 Å². The maximum Gasteiger partial charge on any atom is 0.118 e. The highest BCUT2D eigenvalue weighted by Gasteiger charge is 2.07. The van der Waals surface area contributed by atoms with Gasteiger partial charge >= 0.3 is 0 Å². The molecule has 102 valence electrons. The number of nitriles is 1. The number of hydrogen-bond acceptors (Lipinski definition) is 3. The van der Waals surface area contributed by atoms with E-state index in [0.29, 0.717) is 10.6 Å². The van der Waals surface area contributed by atoms with E-state index in [1.54, 1.807) is 19.2 Å². The zero-order valence-corrected chi connectivity index (χ0v) is 12.1. The summed E-state index contributed by atoms with van der Waals surface area (Å²) >= 11 is 5.92. The lowest BCUT2D eigenvalue weighted by Crippen LogP contribution is -2.06. The Hall–Kier alpha value is -2.18. The zero-order valence-electron chi connectivity index (χ0n) is 11.4. The summed E-state index contributed by atoms with van der Waals surface area (Å²) in [4.78, 5) is 0. The Morgan fingerprint density at radius 3 is 2.50 bits per heavy atom. The second-order valence-electron chi connectivity index (χ2n) is 4.45. The normalized spacial score (nSPS) is 11.5. The van der Waals surface area contributed by atoms with Gasteiger partial charge in [0.2, 0.25) is 0 Å². The van der Waals surface area contributed by atoms with Crippen LogP contribution in [0, 0.1) is 11.3 Å². The van der Waals surface area contributed by atoms with Gasteiger partial charge in [0, 0.05) is 11.7 Å². The molecular weight excluding hydrogens is 272 g/mol. The molecule has 0 aliphatic carbocycles. The van der Waals surface area contributed by atoms with Gasteiger partial charge in [-0.3, -0.25) is 0 Å². The van der Waals surface area contributed by atoms with E-state index in [9.17, 15) is 0 Å². The lowest BCUT2D eigenvalue weighted by atomic mass is 10.1. The quantitative estimate of drug-likeness (QED) is 0.906. The number of hydrogen-bond donors (Lipinski definition) is 1. The Morgan fingerprint density at radius 2 is 1.90 bits per heavy atom. The average molecular weight is 287 g/mol. The molecule has 1 unspecified atom stereocenters. The Labute approximate surface area is 123 Å². The number of benzene rings is 2. The number of ether oxygens (including phenoxy) is 1. The first-order chi connectivity index (χ1) is 9.63. The highest BCUT2D eigenvalue weighted by molar-refractivity contribution is 6.31. The van der Waals surface area contributed by atoms with Crippen LogP contribution in [0.25, 0.3) is 0 Å². The molecular formula is C16H15ClN2O. The van der Waals surface area contributed by atoms with Gasteiger partial charge in [-0.2, -0.15) is 5.26 Å². The van der Waals surface area contributed by atoms with E-state index in [1.807, 2.05) is 30.3 Å². The predicted octanol–water partition coefficient (Wildman–Crippen LogP) is 4.39. The summed E-state index contributed by atoms with van der Waals surface area (Å²) < 4.78 is 5.14. The van der Waals surface area contributed by atoms with Crippen molar-refractivity contribution in [3.63, 3.8) is 0 Å². The van der Waals surface area contributed by atoms with E-state index in [2.05, 4.69) is 18.3 Å². The molecule has 2 aromatic rings. The lowest BCUT2D eigenvalue weighted by molar-refractivity contribution is 0.414. The Kier molecular flexibility index (Phi) is 4.49. The van der Waals surface area contributed by atoms with Crippen LogP contribution in [0.3, 0.4) is 0 Å². The molecule has 0 saturated carbocycles. The summed E-state index contributed by atoms with van der Waals surface area (Å²) in [5.41, 5.74) is 2.48. The minimum Gasteiger partial charge on any atom is -0.497 e. The molecule has 1 atom stereocenters. The van der Waals surface area contributed by atoms with E-state index >= 15 is 0 Å². The van der Waals surface area contributed by atoms with Crippen LogP contribution >= 0.6 is 11.6 Å². The molecule has 3 nitrogen and oxygen atoms in total. The fourth-order valence-corrected chi connectivity index (χ4v) is 2.09. The first-order valence-corrected chi connectivity index (χ1v) is 6.62. The van der Waals surface area contributed by atoms with Crippen molar-refractivity contribution in [3.05, 3.63) is 58.6 Å². The molecule has 0 saturated heterocycles. The molecule has 0 aromatic heterocycles. The van der Waals surface area contributed by atoms with Crippen molar-refractivity contribution >= 4 is 17.3 Å². The van der Waals surface area contributed by atoms with Crippen LogP contribution in [-0.4, -0.2) is 7.11 Å². The van der Waals surface area contributed by atoms with Gasteiger partial charge in [-0.25, -0.2) is 0 Å². The summed E-state index contributed by atoms with van der Waals surface area (Å²) in [6.45, 7) is 2.06. The van der Waals surface area contributed by atoms with Crippen molar-refractivity contribution in [2.75, 3.05) is 12.4 Å². The Balaban J connectivity index is 2.14. The lowest BCUT2D eigenvalue weighted by Gasteiger charge is -2.16. The summed E-state index contributed by atoms with van der Waals surface area (Å²) in [5, 5.41) is 12.8. The van der Waals surface area contributed by atoms with Gasteiger partial charge in [0.1, 0.15) is 11.8 Å². The van der Waals surface area contributed by atoms with E-state index < -0.39 is 0 Å². The first kappa shape index (κ1) is 14.2. The SMILES string of the molecule is COc1ccc(C(C)Nc2ccc(Cl)c(C#N)c2)cc1. The summed E-state index contributed by atoms with van der Waals surface area (Å²) in [6.07, 6.45) is 0. The van der Waals surface area contributed by atoms with E-state index in [4.69, 9.17) is 21.6 Å². The predicted molar refractivity (Wildman–Crippen MR) is 81.2 cm³/mol.